The Morgan fingerprint density at radius 2 is 0.958 bits per heavy atom. The summed E-state index contributed by atoms with van der Waals surface area (Å²) in [5.74, 6) is 1.54. The second kappa shape index (κ2) is 24.9. The second-order valence-corrected chi connectivity index (χ2v) is 12.5. The lowest BCUT2D eigenvalue weighted by Gasteiger charge is -2.26. The van der Waals surface area contributed by atoms with Gasteiger partial charge in [-0.25, -0.2) is 0 Å². The highest BCUT2D eigenvalue weighted by atomic mass is 16.5. The smallest absolute Gasteiger partial charge is 0.239 e. The van der Waals surface area contributed by atoms with Gasteiger partial charge < -0.3 is 42.2 Å². The number of unbranched alkanes of at least 4 members (excludes halogenated alkanes) is 4. The lowest BCUT2D eigenvalue weighted by atomic mass is 10.0. The summed E-state index contributed by atoms with van der Waals surface area (Å²) < 4.78 is 12.6. The monoisotopic (exact) mass is 668 g/mol. The minimum Gasteiger partial charge on any atom is -0.493 e. The number of carbonyl (C=O) groups is 2. The van der Waals surface area contributed by atoms with Gasteiger partial charge in [-0.15, -0.1) is 0 Å². The van der Waals surface area contributed by atoms with Crippen molar-refractivity contribution in [1.29, 1.82) is 0 Å². The first-order chi connectivity index (χ1) is 23.4. The van der Waals surface area contributed by atoms with Crippen molar-refractivity contribution in [3.05, 3.63) is 48.5 Å². The van der Waals surface area contributed by atoms with Gasteiger partial charge in [0.25, 0.3) is 0 Å². The van der Waals surface area contributed by atoms with E-state index < -0.39 is 12.1 Å². The van der Waals surface area contributed by atoms with Gasteiger partial charge >= 0.3 is 0 Å². The zero-order valence-corrected chi connectivity index (χ0v) is 29.8. The van der Waals surface area contributed by atoms with Crippen LogP contribution in [0.2, 0.25) is 0 Å². The number of amides is 2. The number of ether oxygens (including phenoxy) is 2. The zero-order valence-electron chi connectivity index (χ0n) is 29.8. The van der Waals surface area contributed by atoms with Crippen molar-refractivity contribution >= 4 is 11.8 Å². The van der Waals surface area contributed by atoms with Crippen LogP contribution in [0.25, 0.3) is 11.1 Å². The van der Waals surface area contributed by atoms with Crippen LogP contribution < -0.4 is 32.4 Å². The molecule has 8 N–H and O–H groups in total. The molecule has 2 atom stereocenters. The van der Waals surface area contributed by atoms with Crippen LogP contribution in [-0.2, 0) is 9.59 Å². The fraction of sp³-hybridized carbons (Fsp3) is 0.632. The zero-order chi connectivity index (χ0) is 35.0. The Hall–Kier alpha value is -3.18. The van der Waals surface area contributed by atoms with Gasteiger partial charge in [-0.2, -0.15) is 0 Å². The molecule has 0 radical (unpaired) electrons. The molecule has 0 heterocycles. The van der Waals surface area contributed by atoms with E-state index in [2.05, 4.69) is 13.8 Å². The highest BCUT2D eigenvalue weighted by Crippen LogP contribution is 2.36. The Labute approximate surface area is 289 Å². The summed E-state index contributed by atoms with van der Waals surface area (Å²) in [5, 5.41) is 0. The number of carbonyl (C=O) groups excluding carboxylic acids is 2. The van der Waals surface area contributed by atoms with Crippen molar-refractivity contribution in [3.63, 3.8) is 0 Å². The van der Waals surface area contributed by atoms with E-state index in [4.69, 9.17) is 32.4 Å². The third-order valence-electron chi connectivity index (χ3n) is 8.48. The van der Waals surface area contributed by atoms with E-state index in [1.165, 1.54) is 0 Å². The van der Waals surface area contributed by atoms with E-state index in [0.29, 0.717) is 78.2 Å². The third kappa shape index (κ3) is 14.9. The number of para-hydroxylation sites is 2. The summed E-state index contributed by atoms with van der Waals surface area (Å²) in [4.78, 5) is 29.9. The number of benzene rings is 2. The van der Waals surface area contributed by atoms with Gasteiger partial charge in [0.15, 0.2) is 0 Å². The molecule has 0 aliphatic rings. The van der Waals surface area contributed by atoms with E-state index in [1.54, 1.807) is 0 Å². The molecule has 0 aliphatic carbocycles. The average Bonchev–Trinajstić information content (AvgIpc) is 3.11. The van der Waals surface area contributed by atoms with Crippen molar-refractivity contribution in [3.8, 4) is 22.6 Å². The Bertz CT molecular complexity index is 1080. The average molecular weight is 669 g/mol. The number of hydrogen-bond acceptors (Lipinski definition) is 8. The van der Waals surface area contributed by atoms with Crippen molar-refractivity contribution in [1.82, 2.24) is 9.80 Å². The topological polar surface area (TPSA) is 163 Å². The molecule has 2 amide bonds. The van der Waals surface area contributed by atoms with Crippen LogP contribution in [0.5, 0.6) is 11.5 Å². The van der Waals surface area contributed by atoms with Gasteiger partial charge in [-0.3, -0.25) is 9.59 Å². The number of nitrogens with two attached hydrogens (primary N) is 4. The minimum absolute atomic E-state index is 0.00940. The Morgan fingerprint density at radius 1 is 0.583 bits per heavy atom. The van der Waals surface area contributed by atoms with Gasteiger partial charge in [0.1, 0.15) is 11.5 Å². The van der Waals surface area contributed by atoms with Crippen LogP contribution in [-0.4, -0.2) is 86.2 Å². The number of rotatable bonds is 27. The molecule has 0 unspecified atom stereocenters. The summed E-state index contributed by atoms with van der Waals surface area (Å²) in [5.41, 5.74) is 25.6. The quantitative estimate of drug-likeness (QED) is 0.0960. The lowest BCUT2D eigenvalue weighted by Crippen LogP contribution is -2.45. The molecule has 270 valence electrons. The van der Waals surface area contributed by atoms with E-state index in [0.717, 1.165) is 74.0 Å². The van der Waals surface area contributed by atoms with Crippen LogP contribution in [0, 0.1) is 0 Å². The first-order valence-electron chi connectivity index (χ1n) is 18.3. The number of hydrogen-bond donors (Lipinski definition) is 4. The molecular weight excluding hydrogens is 604 g/mol. The molecular formula is C38H64N6O4. The van der Waals surface area contributed by atoms with Crippen LogP contribution in [0.4, 0.5) is 0 Å². The van der Waals surface area contributed by atoms with E-state index in [-0.39, 0.29) is 11.8 Å². The van der Waals surface area contributed by atoms with E-state index >= 15 is 0 Å². The van der Waals surface area contributed by atoms with Gasteiger partial charge in [0.05, 0.1) is 25.3 Å². The van der Waals surface area contributed by atoms with Crippen molar-refractivity contribution in [2.24, 2.45) is 22.9 Å². The highest BCUT2D eigenvalue weighted by molar-refractivity contribution is 5.82. The van der Waals surface area contributed by atoms with Crippen LogP contribution >= 0.6 is 0 Å². The molecule has 10 nitrogen and oxygen atoms in total. The molecule has 0 aliphatic heterocycles. The summed E-state index contributed by atoms with van der Waals surface area (Å²) in [6.45, 7) is 9.01. The maximum atomic E-state index is 13.1. The van der Waals surface area contributed by atoms with Gasteiger partial charge in [-0.1, -0.05) is 75.9 Å². The molecule has 2 rings (SSSR count). The number of nitrogens with zero attached hydrogens (tertiary/aromatic N) is 2. The molecule has 48 heavy (non-hydrogen) atoms. The minimum atomic E-state index is -0.490. The molecule has 2 aromatic rings. The normalized spacial score (nSPS) is 12.4. The van der Waals surface area contributed by atoms with Gasteiger partial charge in [-0.05, 0) is 76.6 Å². The summed E-state index contributed by atoms with van der Waals surface area (Å²) >= 11 is 0. The van der Waals surface area contributed by atoms with Crippen molar-refractivity contribution in [2.75, 3.05) is 52.5 Å². The molecule has 0 saturated heterocycles. The van der Waals surface area contributed by atoms with Crippen LogP contribution in [0.1, 0.15) is 90.9 Å². The largest absolute Gasteiger partial charge is 0.493 e. The molecule has 0 spiro atoms. The summed E-state index contributed by atoms with van der Waals surface area (Å²) in [7, 11) is 0. The Balaban J connectivity index is 2.00. The van der Waals surface area contributed by atoms with Crippen molar-refractivity contribution in [2.45, 2.75) is 103 Å². The molecule has 0 aromatic heterocycles. The van der Waals surface area contributed by atoms with E-state index in [1.807, 2.05) is 58.3 Å². The molecule has 10 heteroatoms. The standard InChI is InChI=1S/C38H64N6O4/c1-3-5-25-43(37(45)33(41)19-11-13-23-39)27-15-29-47-35-21-9-7-17-31(35)32-18-8-10-22-36(32)48-30-16-28-44(26-6-4-2)38(46)34(42)20-12-14-24-40/h7-10,17-18,21-22,33-34H,3-6,11-16,19-20,23-30,39-42H2,1-2H3/t33-,34-/m0/s1. The SMILES string of the molecule is CCCCN(CCCOc1ccccc1-c1ccccc1OCCCN(CCCC)C(=O)[C@@H](N)CCCCN)C(=O)[C@@H](N)CCCCN. The lowest BCUT2D eigenvalue weighted by molar-refractivity contribution is -0.133. The highest BCUT2D eigenvalue weighted by Gasteiger charge is 2.21. The fourth-order valence-electron chi connectivity index (χ4n) is 5.60. The summed E-state index contributed by atoms with van der Waals surface area (Å²) in [6, 6.07) is 14.9. The molecule has 0 saturated carbocycles. The Kier molecular flexibility index (Phi) is 21.3. The first kappa shape index (κ1) is 41.0. The summed E-state index contributed by atoms with van der Waals surface area (Å²) in [6.07, 6.45) is 10.1. The molecule has 0 fully saturated rings. The molecule has 0 bridgehead atoms. The maximum Gasteiger partial charge on any atom is 0.239 e. The van der Waals surface area contributed by atoms with Crippen LogP contribution in [0.3, 0.4) is 0 Å². The fourth-order valence-corrected chi connectivity index (χ4v) is 5.60. The van der Waals surface area contributed by atoms with E-state index in [9.17, 15) is 9.59 Å². The van der Waals surface area contributed by atoms with Gasteiger partial charge in [0, 0.05) is 37.3 Å². The van der Waals surface area contributed by atoms with Crippen molar-refractivity contribution < 1.29 is 19.1 Å². The second-order valence-electron chi connectivity index (χ2n) is 12.5. The predicted octanol–water partition coefficient (Wildman–Crippen LogP) is 5.06. The predicted molar refractivity (Wildman–Crippen MR) is 197 cm³/mol. The first-order valence-corrected chi connectivity index (χ1v) is 18.3. The Morgan fingerprint density at radius 3 is 1.33 bits per heavy atom. The molecule has 2 aromatic carbocycles. The van der Waals surface area contributed by atoms with Gasteiger partial charge in [0.2, 0.25) is 11.8 Å². The maximum absolute atomic E-state index is 13.1. The van der Waals surface area contributed by atoms with Crippen LogP contribution in [0.15, 0.2) is 48.5 Å². The third-order valence-corrected chi connectivity index (χ3v) is 8.48.